The summed E-state index contributed by atoms with van der Waals surface area (Å²) in [5, 5.41) is 3.68. The SMILES string of the molecule is CC(N)CC(=O)Nc1ccccc1SC1CCCC1. The van der Waals surface area contributed by atoms with E-state index < -0.39 is 0 Å². The van der Waals surface area contributed by atoms with Gasteiger partial charge in [-0.15, -0.1) is 11.8 Å². The van der Waals surface area contributed by atoms with E-state index in [0.29, 0.717) is 11.7 Å². The first-order valence-corrected chi connectivity index (χ1v) is 7.84. The van der Waals surface area contributed by atoms with Gasteiger partial charge in [-0.25, -0.2) is 0 Å². The molecule has 1 fully saturated rings. The highest BCUT2D eigenvalue weighted by atomic mass is 32.2. The number of amides is 1. The van der Waals surface area contributed by atoms with Gasteiger partial charge in [-0.2, -0.15) is 0 Å². The molecule has 0 radical (unpaired) electrons. The summed E-state index contributed by atoms with van der Waals surface area (Å²) in [5.74, 6) is -0.00512. The third-order valence-corrected chi connectivity index (χ3v) is 4.68. The average Bonchev–Trinajstić information content (AvgIpc) is 2.83. The maximum Gasteiger partial charge on any atom is 0.225 e. The van der Waals surface area contributed by atoms with E-state index in [4.69, 9.17) is 5.73 Å². The zero-order chi connectivity index (χ0) is 13.7. The molecule has 1 aromatic rings. The number of para-hydroxylation sites is 1. The molecule has 0 aliphatic heterocycles. The van der Waals surface area contributed by atoms with E-state index in [1.807, 2.05) is 36.9 Å². The van der Waals surface area contributed by atoms with Crippen LogP contribution in [0.4, 0.5) is 5.69 Å². The lowest BCUT2D eigenvalue weighted by Crippen LogP contribution is -2.24. The molecule has 1 aliphatic carbocycles. The summed E-state index contributed by atoms with van der Waals surface area (Å²) in [6, 6.07) is 7.94. The van der Waals surface area contributed by atoms with Crippen LogP contribution in [-0.2, 0) is 4.79 Å². The minimum atomic E-state index is -0.102. The van der Waals surface area contributed by atoms with Crippen molar-refractivity contribution in [2.75, 3.05) is 5.32 Å². The minimum absolute atomic E-state index is 0.00512. The number of nitrogens with two attached hydrogens (primary N) is 1. The van der Waals surface area contributed by atoms with Crippen LogP contribution in [0.5, 0.6) is 0 Å². The number of hydrogen-bond acceptors (Lipinski definition) is 3. The first-order chi connectivity index (χ1) is 9.15. The van der Waals surface area contributed by atoms with Gasteiger partial charge in [0.15, 0.2) is 0 Å². The highest BCUT2D eigenvalue weighted by Crippen LogP contribution is 2.37. The standard InChI is InChI=1S/C15H22N2OS/c1-11(16)10-15(18)17-13-8-4-5-9-14(13)19-12-6-2-3-7-12/h4-5,8-9,11-12H,2-3,6-7,10,16H2,1H3,(H,17,18). The molecule has 0 spiro atoms. The molecule has 0 bridgehead atoms. The number of hydrogen-bond donors (Lipinski definition) is 2. The van der Waals surface area contributed by atoms with Gasteiger partial charge in [0.05, 0.1) is 5.69 Å². The van der Waals surface area contributed by atoms with E-state index >= 15 is 0 Å². The lowest BCUT2D eigenvalue weighted by atomic mass is 10.2. The van der Waals surface area contributed by atoms with Gasteiger partial charge in [-0.3, -0.25) is 4.79 Å². The van der Waals surface area contributed by atoms with E-state index in [2.05, 4.69) is 11.4 Å². The quantitative estimate of drug-likeness (QED) is 0.868. The number of anilines is 1. The molecule has 1 aromatic carbocycles. The minimum Gasteiger partial charge on any atom is -0.327 e. The average molecular weight is 278 g/mol. The van der Waals surface area contributed by atoms with Crippen molar-refractivity contribution in [2.24, 2.45) is 5.73 Å². The van der Waals surface area contributed by atoms with Crippen molar-refractivity contribution >= 4 is 23.4 Å². The van der Waals surface area contributed by atoms with Gasteiger partial charge in [0, 0.05) is 22.6 Å². The molecule has 3 nitrogen and oxygen atoms in total. The summed E-state index contributed by atoms with van der Waals surface area (Å²) >= 11 is 1.89. The second-order valence-corrected chi connectivity index (χ2v) is 6.59. The first-order valence-electron chi connectivity index (χ1n) is 6.96. The molecular formula is C15H22N2OS. The second kappa shape index (κ2) is 6.96. The summed E-state index contributed by atoms with van der Waals surface area (Å²) in [7, 11) is 0. The molecule has 2 rings (SSSR count). The molecule has 1 atom stereocenters. The van der Waals surface area contributed by atoms with Gasteiger partial charge in [0.25, 0.3) is 0 Å². The molecule has 1 amide bonds. The molecule has 0 aromatic heterocycles. The summed E-state index contributed by atoms with van der Waals surface area (Å²) in [4.78, 5) is 13.0. The monoisotopic (exact) mass is 278 g/mol. The van der Waals surface area contributed by atoms with Crippen LogP contribution in [0.2, 0.25) is 0 Å². The third kappa shape index (κ3) is 4.55. The van der Waals surface area contributed by atoms with Crippen molar-refractivity contribution < 1.29 is 4.79 Å². The Kier molecular flexibility index (Phi) is 5.28. The zero-order valence-corrected chi connectivity index (χ0v) is 12.2. The van der Waals surface area contributed by atoms with Crippen LogP contribution in [0.1, 0.15) is 39.0 Å². The highest BCUT2D eigenvalue weighted by molar-refractivity contribution is 8.00. The molecule has 1 aliphatic rings. The summed E-state index contributed by atoms with van der Waals surface area (Å²) in [6.45, 7) is 1.85. The van der Waals surface area contributed by atoms with E-state index in [9.17, 15) is 4.79 Å². The predicted molar refractivity (Wildman–Crippen MR) is 81.5 cm³/mol. The zero-order valence-electron chi connectivity index (χ0n) is 11.4. The lowest BCUT2D eigenvalue weighted by molar-refractivity contribution is -0.116. The van der Waals surface area contributed by atoms with Crippen molar-refractivity contribution in [3.05, 3.63) is 24.3 Å². The van der Waals surface area contributed by atoms with Crippen LogP contribution < -0.4 is 11.1 Å². The number of carbonyl (C=O) groups excluding carboxylic acids is 1. The van der Waals surface area contributed by atoms with Crippen molar-refractivity contribution in [1.29, 1.82) is 0 Å². The van der Waals surface area contributed by atoms with Crippen molar-refractivity contribution in [3.63, 3.8) is 0 Å². The predicted octanol–water partition coefficient (Wildman–Crippen LogP) is 3.40. The van der Waals surface area contributed by atoms with Crippen molar-refractivity contribution in [3.8, 4) is 0 Å². The molecule has 0 heterocycles. The maximum absolute atomic E-state index is 11.8. The molecular weight excluding hydrogens is 256 g/mol. The Morgan fingerprint density at radius 2 is 2.11 bits per heavy atom. The molecule has 0 saturated heterocycles. The highest BCUT2D eigenvalue weighted by Gasteiger charge is 2.18. The molecule has 19 heavy (non-hydrogen) atoms. The van der Waals surface area contributed by atoms with E-state index in [0.717, 1.165) is 5.69 Å². The number of carbonyl (C=O) groups is 1. The molecule has 1 saturated carbocycles. The van der Waals surface area contributed by atoms with Crippen LogP contribution in [0.15, 0.2) is 29.2 Å². The van der Waals surface area contributed by atoms with Crippen LogP contribution in [-0.4, -0.2) is 17.2 Å². The number of nitrogens with one attached hydrogen (secondary N) is 1. The first kappa shape index (κ1) is 14.4. The van der Waals surface area contributed by atoms with E-state index in [1.165, 1.54) is 30.6 Å². The van der Waals surface area contributed by atoms with Crippen LogP contribution in [0.25, 0.3) is 0 Å². The fourth-order valence-corrected chi connectivity index (χ4v) is 3.68. The lowest BCUT2D eigenvalue weighted by Gasteiger charge is -2.14. The Bertz CT molecular complexity index is 428. The van der Waals surface area contributed by atoms with E-state index in [1.54, 1.807) is 0 Å². The normalized spacial score (nSPS) is 17.4. The van der Waals surface area contributed by atoms with Crippen molar-refractivity contribution in [2.45, 2.75) is 55.2 Å². The van der Waals surface area contributed by atoms with Gasteiger partial charge >= 0.3 is 0 Å². The molecule has 104 valence electrons. The Morgan fingerprint density at radius 1 is 1.42 bits per heavy atom. The van der Waals surface area contributed by atoms with Gasteiger partial charge in [-0.1, -0.05) is 25.0 Å². The Balaban J connectivity index is 2.00. The number of thioether (sulfide) groups is 1. The molecule has 1 unspecified atom stereocenters. The number of rotatable bonds is 5. The number of benzene rings is 1. The van der Waals surface area contributed by atoms with Gasteiger partial charge in [0.2, 0.25) is 5.91 Å². The summed E-state index contributed by atoms with van der Waals surface area (Å²) in [5.41, 5.74) is 6.57. The molecule has 4 heteroatoms. The largest absolute Gasteiger partial charge is 0.327 e. The fraction of sp³-hybridized carbons (Fsp3) is 0.533. The Morgan fingerprint density at radius 3 is 2.79 bits per heavy atom. The van der Waals surface area contributed by atoms with E-state index in [-0.39, 0.29) is 11.9 Å². The van der Waals surface area contributed by atoms with Crippen LogP contribution >= 0.6 is 11.8 Å². The Hall–Kier alpha value is -1.00. The topological polar surface area (TPSA) is 55.1 Å². The van der Waals surface area contributed by atoms with Crippen molar-refractivity contribution in [1.82, 2.24) is 0 Å². The summed E-state index contributed by atoms with van der Waals surface area (Å²) in [6.07, 6.45) is 5.59. The van der Waals surface area contributed by atoms with Crippen LogP contribution in [0.3, 0.4) is 0 Å². The van der Waals surface area contributed by atoms with Gasteiger partial charge in [-0.05, 0) is 31.9 Å². The summed E-state index contributed by atoms with van der Waals surface area (Å²) < 4.78 is 0. The maximum atomic E-state index is 11.8. The van der Waals surface area contributed by atoms with Gasteiger partial charge < -0.3 is 11.1 Å². The molecule has 3 N–H and O–H groups in total. The van der Waals surface area contributed by atoms with Crippen LogP contribution in [0, 0.1) is 0 Å². The second-order valence-electron chi connectivity index (χ2n) is 5.25. The fourth-order valence-electron chi connectivity index (χ4n) is 2.35. The smallest absolute Gasteiger partial charge is 0.225 e. The Labute approximate surface area is 119 Å². The van der Waals surface area contributed by atoms with Gasteiger partial charge in [0.1, 0.15) is 0 Å². The third-order valence-electron chi connectivity index (χ3n) is 3.26.